The van der Waals surface area contributed by atoms with Crippen molar-refractivity contribution in [1.29, 1.82) is 0 Å². The predicted molar refractivity (Wildman–Crippen MR) is 66.1 cm³/mol. The summed E-state index contributed by atoms with van der Waals surface area (Å²) < 4.78 is 3.69. The van der Waals surface area contributed by atoms with Crippen molar-refractivity contribution in [1.82, 2.24) is 15.0 Å². The average molecular weight is 246 g/mol. The van der Waals surface area contributed by atoms with E-state index in [0.29, 0.717) is 10.6 Å². The Hall–Kier alpha value is -2.08. The van der Waals surface area contributed by atoms with Gasteiger partial charge in [0.2, 0.25) is 0 Å². The zero-order valence-electron chi connectivity index (χ0n) is 9.12. The molecule has 1 N–H and O–H groups in total. The maximum absolute atomic E-state index is 11.6. The number of aromatic nitrogens is 2. The second kappa shape index (κ2) is 5.31. The van der Waals surface area contributed by atoms with Crippen molar-refractivity contribution in [3.05, 3.63) is 46.5 Å². The Morgan fingerprint density at radius 2 is 2.18 bits per heavy atom. The Kier molecular flexibility index (Phi) is 3.56. The number of nitrogens with one attached hydrogen (secondary N) is 1. The number of amides is 1. The quantitative estimate of drug-likeness (QED) is 0.661. The number of hydrazone groups is 1. The minimum Gasteiger partial charge on any atom is -0.266 e. The maximum Gasteiger partial charge on any atom is 0.285 e. The van der Waals surface area contributed by atoms with Crippen molar-refractivity contribution in [3.8, 4) is 0 Å². The van der Waals surface area contributed by atoms with Gasteiger partial charge in [-0.3, -0.25) is 4.79 Å². The lowest BCUT2D eigenvalue weighted by Gasteiger charge is -1.95. The van der Waals surface area contributed by atoms with Gasteiger partial charge in [-0.25, -0.2) is 5.43 Å². The number of carbonyl (C=O) groups is 1. The number of rotatable bonds is 3. The first kappa shape index (κ1) is 11.4. The van der Waals surface area contributed by atoms with Crippen molar-refractivity contribution in [2.75, 3.05) is 0 Å². The van der Waals surface area contributed by atoms with Gasteiger partial charge in [0.05, 0.1) is 11.9 Å². The van der Waals surface area contributed by atoms with Crippen LogP contribution >= 0.6 is 11.5 Å². The van der Waals surface area contributed by atoms with Crippen molar-refractivity contribution in [3.63, 3.8) is 0 Å². The van der Waals surface area contributed by atoms with Crippen LogP contribution in [0.25, 0.3) is 0 Å². The van der Waals surface area contributed by atoms with Crippen molar-refractivity contribution >= 4 is 23.7 Å². The highest BCUT2D eigenvalue weighted by Crippen LogP contribution is 2.08. The molecule has 0 aliphatic heterocycles. The molecule has 1 aromatic carbocycles. The highest BCUT2D eigenvalue weighted by molar-refractivity contribution is 7.07. The molecule has 0 saturated heterocycles. The van der Waals surface area contributed by atoms with Crippen molar-refractivity contribution < 1.29 is 4.79 Å². The first-order valence-corrected chi connectivity index (χ1v) is 5.72. The van der Waals surface area contributed by atoms with Gasteiger partial charge in [0.15, 0.2) is 0 Å². The fourth-order valence-electron chi connectivity index (χ4n) is 1.20. The molecule has 0 bridgehead atoms. The molecule has 2 aromatic rings. The smallest absolute Gasteiger partial charge is 0.266 e. The van der Waals surface area contributed by atoms with E-state index in [4.69, 9.17) is 0 Å². The molecule has 86 valence electrons. The van der Waals surface area contributed by atoms with Crippen LogP contribution in [0.1, 0.15) is 20.9 Å². The van der Waals surface area contributed by atoms with Gasteiger partial charge in [-0.15, -0.1) is 5.10 Å². The van der Waals surface area contributed by atoms with Gasteiger partial charge in [-0.1, -0.05) is 34.8 Å². The molecule has 0 spiro atoms. The van der Waals surface area contributed by atoms with Gasteiger partial charge in [-0.05, 0) is 24.0 Å². The zero-order valence-corrected chi connectivity index (χ0v) is 9.94. The number of aryl methyl sites for hydroxylation is 1. The first-order chi connectivity index (χ1) is 8.27. The summed E-state index contributed by atoms with van der Waals surface area (Å²) >= 11 is 1.06. The molecule has 0 aliphatic carbocycles. The monoisotopic (exact) mass is 246 g/mol. The maximum atomic E-state index is 11.6. The Morgan fingerprint density at radius 1 is 1.41 bits per heavy atom. The SMILES string of the molecule is Cc1nnsc1C(=O)N/N=C\c1ccccc1. The summed E-state index contributed by atoms with van der Waals surface area (Å²) in [5.74, 6) is -0.287. The fourth-order valence-corrected chi connectivity index (χ4v) is 1.74. The first-order valence-electron chi connectivity index (χ1n) is 4.95. The number of hydrogen-bond acceptors (Lipinski definition) is 5. The van der Waals surface area contributed by atoms with Crippen LogP contribution in [-0.2, 0) is 0 Å². The van der Waals surface area contributed by atoms with Crippen LogP contribution in [0.3, 0.4) is 0 Å². The average Bonchev–Trinajstić information content (AvgIpc) is 2.77. The summed E-state index contributed by atoms with van der Waals surface area (Å²) in [5, 5.41) is 7.62. The van der Waals surface area contributed by atoms with E-state index in [1.807, 2.05) is 30.3 Å². The summed E-state index contributed by atoms with van der Waals surface area (Å²) in [6.45, 7) is 1.74. The Balaban J connectivity index is 1.98. The minimum atomic E-state index is -0.287. The lowest BCUT2D eigenvalue weighted by Crippen LogP contribution is -2.17. The summed E-state index contributed by atoms with van der Waals surface area (Å²) in [7, 11) is 0. The number of benzene rings is 1. The van der Waals surface area contributed by atoms with Gasteiger partial charge in [0, 0.05) is 0 Å². The van der Waals surface area contributed by atoms with Gasteiger partial charge in [0.1, 0.15) is 4.88 Å². The molecule has 0 atom stereocenters. The van der Waals surface area contributed by atoms with Crippen LogP contribution in [0.15, 0.2) is 35.4 Å². The lowest BCUT2D eigenvalue weighted by atomic mass is 10.2. The third kappa shape index (κ3) is 2.94. The predicted octanol–water partition coefficient (Wildman–Crippen LogP) is 1.61. The van der Waals surface area contributed by atoms with E-state index in [9.17, 15) is 4.79 Å². The molecule has 0 unspecified atom stereocenters. The molecular weight excluding hydrogens is 236 g/mol. The molecule has 2 rings (SSSR count). The van der Waals surface area contributed by atoms with E-state index in [2.05, 4.69) is 20.1 Å². The topological polar surface area (TPSA) is 67.2 Å². The normalized spacial score (nSPS) is 10.6. The van der Waals surface area contributed by atoms with Crippen LogP contribution in [0.2, 0.25) is 0 Å². The molecule has 0 fully saturated rings. The molecule has 1 heterocycles. The van der Waals surface area contributed by atoms with Gasteiger partial charge in [0.25, 0.3) is 5.91 Å². The van der Waals surface area contributed by atoms with E-state index in [1.54, 1.807) is 13.1 Å². The minimum absolute atomic E-state index is 0.287. The van der Waals surface area contributed by atoms with Crippen LogP contribution in [0.5, 0.6) is 0 Å². The third-order valence-electron chi connectivity index (χ3n) is 2.04. The van der Waals surface area contributed by atoms with Gasteiger partial charge >= 0.3 is 0 Å². The van der Waals surface area contributed by atoms with E-state index in [0.717, 1.165) is 17.1 Å². The zero-order chi connectivity index (χ0) is 12.1. The van der Waals surface area contributed by atoms with E-state index in [1.165, 1.54) is 0 Å². The fraction of sp³-hybridized carbons (Fsp3) is 0.0909. The second-order valence-corrected chi connectivity index (χ2v) is 4.05. The highest BCUT2D eigenvalue weighted by Gasteiger charge is 2.11. The van der Waals surface area contributed by atoms with Crippen LogP contribution < -0.4 is 5.43 Å². The largest absolute Gasteiger partial charge is 0.285 e. The van der Waals surface area contributed by atoms with Crippen molar-refractivity contribution in [2.24, 2.45) is 5.10 Å². The number of nitrogens with zero attached hydrogens (tertiary/aromatic N) is 3. The molecular formula is C11H10N4OS. The van der Waals surface area contributed by atoms with Gasteiger partial charge < -0.3 is 0 Å². The van der Waals surface area contributed by atoms with Crippen LogP contribution in [-0.4, -0.2) is 21.7 Å². The standard InChI is InChI=1S/C11H10N4OS/c1-8-10(17-15-13-8)11(16)14-12-7-9-5-3-2-4-6-9/h2-7H,1H3,(H,14,16)/b12-7-. The third-order valence-corrected chi connectivity index (χ3v) is 2.86. The highest BCUT2D eigenvalue weighted by atomic mass is 32.1. The van der Waals surface area contributed by atoms with Gasteiger partial charge in [-0.2, -0.15) is 5.10 Å². The number of hydrogen-bond donors (Lipinski definition) is 1. The van der Waals surface area contributed by atoms with Crippen LogP contribution in [0.4, 0.5) is 0 Å². The summed E-state index contributed by atoms with van der Waals surface area (Å²) in [5.41, 5.74) is 3.97. The van der Waals surface area contributed by atoms with E-state index < -0.39 is 0 Å². The van der Waals surface area contributed by atoms with E-state index >= 15 is 0 Å². The molecule has 0 radical (unpaired) electrons. The molecule has 0 aliphatic rings. The Morgan fingerprint density at radius 3 is 2.82 bits per heavy atom. The second-order valence-electron chi connectivity index (χ2n) is 3.30. The van der Waals surface area contributed by atoms with Crippen molar-refractivity contribution in [2.45, 2.75) is 6.92 Å². The molecule has 5 nitrogen and oxygen atoms in total. The van der Waals surface area contributed by atoms with Crippen LogP contribution in [0, 0.1) is 6.92 Å². The molecule has 1 aromatic heterocycles. The number of carbonyl (C=O) groups excluding carboxylic acids is 1. The Labute approximate surface area is 102 Å². The summed E-state index contributed by atoms with van der Waals surface area (Å²) in [6.07, 6.45) is 1.59. The molecule has 1 amide bonds. The lowest BCUT2D eigenvalue weighted by molar-refractivity contribution is 0.0958. The summed E-state index contributed by atoms with van der Waals surface area (Å²) in [4.78, 5) is 12.1. The molecule has 0 saturated carbocycles. The molecule has 6 heteroatoms. The van der Waals surface area contributed by atoms with E-state index in [-0.39, 0.29) is 5.91 Å². The summed E-state index contributed by atoms with van der Waals surface area (Å²) in [6, 6.07) is 9.52. The molecule has 17 heavy (non-hydrogen) atoms. The Bertz CT molecular complexity index is 535.